The zero-order chi connectivity index (χ0) is 21.2. The molecular weight excluding hydrogens is 386 g/mol. The van der Waals surface area contributed by atoms with Crippen molar-refractivity contribution in [1.82, 2.24) is 19.3 Å². The van der Waals surface area contributed by atoms with E-state index in [4.69, 9.17) is 4.98 Å². The van der Waals surface area contributed by atoms with Crippen molar-refractivity contribution in [3.05, 3.63) is 102 Å². The number of aromatic nitrogens is 4. The number of carbonyl (C=O) groups is 1. The molecule has 2 aromatic heterocycles. The Labute approximate surface area is 179 Å². The summed E-state index contributed by atoms with van der Waals surface area (Å²) in [6.45, 7) is 0.679. The Morgan fingerprint density at radius 2 is 1.71 bits per heavy atom. The fourth-order valence-electron chi connectivity index (χ4n) is 3.65. The minimum absolute atomic E-state index is 0.138. The van der Waals surface area contributed by atoms with Crippen molar-refractivity contribution in [2.24, 2.45) is 7.05 Å². The van der Waals surface area contributed by atoms with Gasteiger partial charge in [0.2, 0.25) is 0 Å². The number of aryl methyl sites for hydroxylation is 1. The standard InChI is InChI=1S/C25H21N5O/c1-29-23-6-3-2-5-22(23)28-24(29)19-11-13-21(14-12-19)27-25(31)20-9-7-18(8-10-20)17-30-16-4-15-26-30/h2-16H,17H2,1H3,(H,27,31). The third kappa shape index (κ3) is 3.83. The monoisotopic (exact) mass is 407 g/mol. The van der Waals surface area contributed by atoms with Crippen molar-refractivity contribution >= 4 is 22.6 Å². The lowest BCUT2D eigenvalue weighted by Gasteiger charge is -2.08. The van der Waals surface area contributed by atoms with Crippen LogP contribution in [0.2, 0.25) is 0 Å². The van der Waals surface area contributed by atoms with Gasteiger partial charge in [-0.15, -0.1) is 0 Å². The quantitative estimate of drug-likeness (QED) is 0.458. The van der Waals surface area contributed by atoms with Crippen molar-refractivity contribution in [2.45, 2.75) is 6.54 Å². The van der Waals surface area contributed by atoms with Gasteiger partial charge in [-0.25, -0.2) is 4.98 Å². The summed E-state index contributed by atoms with van der Waals surface area (Å²) in [7, 11) is 2.01. The minimum Gasteiger partial charge on any atom is -0.327 e. The van der Waals surface area contributed by atoms with Gasteiger partial charge in [0.25, 0.3) is 5.91 Å². The number of carbonyl (C=O) groups excluding carboxylic acids is 1. The Morgan fingerprint density at radius 1 is 0.935 bits per heavy atom. The molecule has 1 N–H and O–H groups in total. The molecule has 5 rings (SSSR count). The molecule has 0 aliphatic heterocycles. The van der Waals surface area contributed by atoms with Crippen LogP contribution < -0.4 is 5.32 Å². The average Bonchev–Trinajstić information content (AvgIpc) is 3.43. The van der Waals surface area contributed by atoms with Gasteiger partial charge >= 0.3 is 0 Å². The van der Waals surface area contributed by atoms with Crippen molar-refractivity contribution in [3.8, 4) is 11.4 Å². The Bertz CT molecular complexity index is 1330. The zero-order valence-electron chi connectivity index (χ0n) is 17.1. The minimum atomic E-state index is -0.138. The molecule has 6 heteroatoms. The predicted octanol–water partition coefficient (Wildman–Crippen LogP) is 4.74. The molecule has 1 amide bonds. The van der Waals surface area contributed by atoms with Crippen LogP contribution in [0.15, 0.2) is 91.3 Å². The summed E-state index contributed by atoms with van der Waals surface area (Å²) in [6.07, 6.45) is 3.67. The van der Waals surface area contributed by atoms with Crippen LogP contribution in [0.1, 0.15) is 15.9 Å². The van der Waals surface area contributed by atoms with Crippen LogP contribution in [-0.2, 0) is 13.6 Å². The van der Waals surface area contributed by atoms with Gasteiger partial charge in [0, 0.05) is 36.3 Å². The maximum absolute atomic E-state index is 12.6. The molecule has 0 saturated carbocycles. The lowest BCUT2D eigenvalue weighted by molar-refractivity contribution is 0.102. The maximum Gasteiger partial charge on any atom is 0.255 e. The van der Waals surface area contributed by atoms with Crippen LogP contribution in [-0.4, -0.2) is 25.2 Å². The molecule has 0 fully saturated rings. The highest BCUT2D eigenvalue weighted by molar-refractivity contribution is 6.04. The molecule has 5 aromatic rings. The lowest BCUT2D eigenvalue weighted by atomic mass is 10.1. The van der Waals surface area contributed by atoms with Crippen molar-refractivity contribution in [1.29, 1.82) is 0 Å². The molecule has 31 heavy (non-hydrogen) atoms. The van der Waals surface area contributed by atoms with Gasteiger partial charge < -0.3 is 9.88 Å². The van der Waals surface area contributed by atoms with Crippen LogP contribution in [0.4, 0.5) is 5.69 Å². The first-order valence-corrected chi connectivity index (χ1v) is 10.1. The highest BCUT2D eigenvalue weighted by atomic mass is 16.1. The van der Waals surface area contributed by atoms with E-state index < -0.39 is 0 Å². The highest BCUT2D eigenvalue weighted by Gasteiger charge is 2.10. The number of hydrogen-bond donors (Lipinski definition) is 1. The van der Waals surface area contributed by atoms with E-state index in [2.05, 4.69) is 21.0 Å². The summed E-state index contributed by atoms with van der Waals surface area (Å²) in [5.41, 5.74) is 5.50. The van der Waals surface area contributed by atoms with Crippen LogP contribution >= 0.6 is 0 Å². The molecule has 2 heterocycles. The molecule has 0 bridgehead atoms. The van der Waals surface area contributed by atoms with Gasteiger partial charge in [0.15, 0.2) is 0 Å². The van der Waals surface area contributed by atoms with Gasteiger partial charge in [-0.3, -0.25) is 9.48 Å². The van der Waals surface area contributed by atoms with Crippen LogP contribution in [0, 0.1) is 0 Å². The SMILES string of the molecule is Cn1c(-c2ccc(NC(=O)c3ccc(Cn4cccn4)cc3)cc2)nc2ccccc21. The highest BCUT2D eigenvalue weighted by Crippen LogP contribution is 2.25. The van der Waals surface area contributed by atoms with Gasteiger partial charge in [-0.05, 0) is 60.2 Å². The number of anilines is 1. The molecule has 0 saturated heterocycles. The lowest BCUT2D eigenvalue weighted by Crippen LogP contribution is -2.12. The average molecular weight is 407 g/mol. The topological polar surface area (TPSA) is 64.7 Å². The van der Waals surface area contributed by atoms with Gasteiger partial charge in [-0.2, -0.15) is 5.10 Å². The first-order valence-electron chi connectivity index (χ1n) is 10.1. The van der Waals surface area contributed by atoms with E-state index in [0.717, 1.165) is 33.7 Å². The molecule has 0 radical (unpaired) electrons. The molecule has 152 valence electrons. The zero-order valence-corrected chi connectivity index (χ0v) is 17.1. The van der Waals surface area contributed by atoms with E-state index in [0.29, 0.717) is 12.1 Å². The Balaban J connectivity index is 1.29. The fourth-order valence-corrected chi connectivity index (χ4v) is 3.65. The number of amides is 1. The molecular formula is C25H21N5O. The van der Waals surface area contributed by atoms with E-state index in [1.807, 2.05) is 90.7 Å². The Kier molecular flexibility index (Phi) is 4.80. The molecule has 0 atom stereocenters. The third-order valence-corrected chi connectivity index (χ3v) is 5.31. The van der Waals surface area contributed by atoms with E-state index in [-0.39, 0.29) is 5.91 Å². The van der Waals surface area contributed by atoms with Crippen molar-refractivity contribution < 1.29 is 4.79 Å². The summed E-state index contributed by atoms with van der Waals surface area (Å²) in [4.78, 5) is 17.3. The van der Waals surface area contributed by atoms with E-state index in [9.17, 15) is 4.79 Å². The summed E-state index contributed by atoms with van der Waals surface area (Å²) >= 11 is 0. The summed E-state index contributed by atoms with van der Waals surface area (Å²) < 4.78 is 3.93. The largest absolute Gasteiger partial charge is 0.327 e. The molecule has 0 aliphatic carbocycles. The number of para-hydroxylation sites is 2. The number of fused-ring (bicyclic) bond motifs is 1. The number of hydrogen-bond acceptors (Lipinski definition) is 3. The molecule has 3 aromatic carbocycles. The van der Waals surface area contributed by atoms with Crippen molar-refractivity contribution in [3.63, 3.8) is 0 Å². The van der Waals surface area contributed by atoms with Crippen LogP contribution in [0.25, 0.3) is 22.4 Å². The van der Waals surface area contributed by atoms with Crippen LogP contribution in [0.3, 0.4) is 0 Å². The Morgan fingerprint density at radius 3 is 2.42 bits per heavy atom. The number of benzene rings is 3. The number of nitrogens with zero attached hydrogens (tertiary/aromatic N) is 4. The predicted molar refractivity (Wildman–Crippen MR) is 122 cm³/mol. The van der Waals surface area contributed by atoms with Crippen LogP contribution in [0.5, 0.6) is 0 Å². The number of nitrogens with one attached hydrogen (secondary N) is 1. The van der Waals surface area contributed by atoms with E-state index in [1.165, 1.54) is 0 Å². The summed E-state index contributed by atoms with van der Waals surface area (Å²) in [6, 6.07) is 25.3. The molecule has 0 spiro atoms. The molecule has 0 aliphatic rings. The number of rotatable bonds is 5. The normalized spacial score (nSPS) is 11.0. The maximum atomic E-state index is 12.6. The fraction of sp³-hybridized carbons (Fsp3) is 0.0800. The second kappa shape index (κ2) is 7.91. The Hall–Kier alpha value is -4.19. The van der Waals surface area contributed by atoms with E-state index in [1.54, 1.807) is 6.20 Å². The van der Waals surface area contributed by atoms with Gasteiger partial charge in [0.1, 0.15) is 5.82 Å². The second-order valence-corrected chi connectivity index (χ2v) is 7.42. The molecule has 6 nitrogen and oxygen atoms in total. The molecule has 0 unspecified atom stereocenters. The summed E-state index contributed by atoms with van der Waals surface area (Å²) in [5.74, 6) is 0.757. The first kappa shape index (κ1) is 18.8. The third-order valence-electron chi connectivity index (χ3n) is 5.31. The smallest absolute Gasteiger partial charge is 0.255 e. The van der Waals surface area contributed by atoms with Gasteiger partial charge in [0.05, 0.1) is 17.6 Å². The number of imidazole rings is 1. The summed E-state index contributed by atoms with van der Waals surface area (Å²) in [5, 5.41) is 7.16. The van der Waals surface area contributed by atoms with Gasteiger partial charge in [-0.1, -0.05) is 24.3 Å². The second-order valence-electron chi connectivity index (χ2n) is 7.42. The first-order chi connectivity index (χ1) is 15.2. The van der Waals surface area contributed by atoms with Crippen molar-refractivity contribution in [2.75, 3.05) is 5.32 Å². The van der Waals surface area contributed by atoms with E-state index >= 15 is 0 Å².